The average molecular weight is 1060 g/mol. The van der Waals surface area contributed by atoms with Crippen LogP contribution in [0, 0.1) is 0 Å². The lowest BCUT2D eigenvalue weighted by atomic mass is 10.0. The molecule has 0 saturated carbocycles. The molecule has 0 aromatic heterocycles. The first-order chi connectivity index (χ1) is 37.7. The second-order valence-electron chi connectivity index (χ2n) is 23.9. The van der Waals surface area contributed by atoms with Crippen molar-refractivity contribution in [2.75, 3.05) is 6.61 Å². The minimum Gasteiger partial charge on any atom is -0.394 e. The van der Waals surface area contributed by atoms with E-state index in [2.05, 4.69) is 55.6 Å². The first-order valence-corrected chi connectivity index (χ1v) is 34.9. The second-order valence-corrected chi connectivity index (χ2v) is 23.9. The smallest absolute Gasteiger partial charge is 0.220 e. The standard InChI is InChI=1S/C72H137NO3/c1-3-5-7-9-11-13-15-17-19-21-23-25-27-29-30-31-32-33-34-35-36-37-38-39-40-41-42-44-46-48-50-52-54-56-58-60-62-64-66-68-72(76)73-70(69-74)71(75)67-65-63-61-59-57-55-53-51-49-47-45-43-28-26-24-22-20-18-16-14-12-10-8-6-4-2/h15,17,21,23,57,59,65,67,70-71,74-75H,3-14,16,18-20,22,24-56,58,60-64,66,68-69H2,1-2H3,(H,73,76)/b17-15-,23-21-,59-57+,67-65+. The summed E-state index contributed by atoms with van der Waals surface area (Å²) in [7, 11) is 0. The summed E-state index contributed by atoms with van der Waals surface area (Å²) in [5, 5.41) is 23.3. The number of rotatable bonds is 65. The molecule has 0 heterocycles. The molecule has 2 unspecified atom stereocenters. The fourth-order valence-electron chi connectivity index (χ4n) is 11.0. The molecular formula is C72H137NO3. The summed E-state index contributed by atoms with van der Waals surface area (Å²) >= 11 is 0. The summed E-state index contributed by atoms with van der Waals surface area (Å²) in [6.45, 7) is 4.33. The van der Waals surface area contributed by atoms with E-state index in [0.717, 1.165) is 38.5 Å². The molecule has 1 amide bonds. The number of carbonyl (C=O) groups excluding carboxylic acids is 1. The van der Waals surface area contributed by atoms with Crippen molar-refractivity contribution in [1.82, 2.24) is 5.32 Å². The van der Waals surface area contributed by atoms with Crippen molar-refractivity contribution in [1.29, 1.82) is 0 Å². The van der Waals surface area contributed by atoms with Crippen molar-refractivity contribution in [3.63, 3.8) is 0 Å². The molecule has 0 aliphatic rings. The number of unbranched alkanes of at least 4 members (excludes halogenated alkanes) is 52. The van der Waals surface area contributed by atoms with E-state index in [-0.39, 0.29) is 12.5 Å². The Balaban J connectivity index is 3.42. The van der Waals surface area contributed by atoms with E-state index in [1.54, 1.807) is 6.08 Å². The Labute approximate surface area is 477 Å². The predicted octanol–water partition coefficient (Wildman–Crippen LogP) is 23.7. The molecule has 4 heteroatoms. The molecule has 76 heavy (non-hydrogen) atoms. The molecule has 0 radical (unpaired) electrons. The number of carbonyl (C=O) groups is 1. The summed E-state index contributed by atoms with van der Waals surface area (Å²) < 4.78 is 0. The van der Waals surface area contributed by atoms with E-state index in [1.807, 2.05) is 6.08 Å². The van der Waals surface area contributed by atoms with Crippen LogP contribution in [0.5, 0.6) is 0 Å². The van der Waals surface area contributed by atoms with Gasteiger partial charge in [-0.3, -0.25) is 4.79 Å². The number of amides is 1. The third-order valence-electron chi connectivity index (χ3n) is 16.3. The first kappa shape index (κ1) is 74.3. The van der Waals surface area contributed by atoms with Gasteiger partial charge >= 0.3 is 0 Å². The normalized spacial score (nSPS) is 12.9. The Kier molecular flexibility index (Phi) is 66.2. The van der Waals surface area contributed by atoms with E-state index in [9.17, 15) is 15.0 Å². The fraction of sp³-hybridized carbons (Fsp3) is 0.875. The van der Waals surface area contributed by atoms with E-state index in [4.69, 9.17) is 0 Å². The van der Waals surface area contributed by atoms with E-state index < -0.39 is 12.1 Å². The third kappa shape index (κ3) is 63.2. The van der Waals surface area contributed by atoms with Gasteiger partial charge in [0.1, 0.15) is 0 Å². The highest BCUT2D eigenvalue weighted by molar-refractivity contribution is 5.76. The van der Waals surface area contributed by atoms with Gasteiger partial charge in [0.15, 0.2) is 0 Å². The van der Waals surface area contributed by atoms with Crippen LogP contribution in [0.15, 0.2) is 48.6 Å². The number of aliphatic hydroxyl groups is 2. The van der Waals surface area contributed by atoms with Gasteiger partial charge in [-0.15, -0.1) is 0 Å². The molecule has 2 atom stereocenters. The molecule has 4 nitrogen and oxygen atoms in total. The van der Waals surface area contributed by atoms with Gasteiger partial charge in [-0.25, -0.2) is 0 Å². The molecule has 0 rings (SSSR count). The Morgan fingerprint density at radius 1 is 0.316 bits per heavy atom. The molecule has 0 aliphatic carbocycles. The SMILES string of the molecule is CCCCCCC/C=C\C/C=C\CCCCCCCCCCCCCCCCCCCCCCCCCCCCCC(=O)NC(CO)C(O)/C=C/CC/C=C/CCCCCCCCCCCCCCCCCCCCC. The van der Waals surface area contributed by atoms with Crippen LogP contribution >= 0.6 is 0 Å². The molecule has 0 fully saturated rings. The Morgan fingerprint density at radius 3 is 0.842 bits per heavy atom. The molecule has 0 aliphatic heterocycles. The maximum Gasteiger partial charge on any atom is 0.220 e. The Hall–Kier alpha value is -1.65. The summed E-state index contributed by atoms with van der Waals surface area (Å²) in [5.74, 6) is -0.0659. The Bertz CT molecular complexity index is 1210. The van der Waals surface area contributed by atoms with Crippen LogP contribution in [-0.4, -0.2) is 34.9 Å². The van der Waals surface area contributed by atoms with Crippen molar-refractivity contribution in [3.05, 3.63) is 48.6 Å². The molecule has 0 spiro atoms. The van der Waals surface area contributed by atoms with Crippen LogP contribution in [-0.2, 0) is 4.79 Å². The van der Waals surface area contributed by atoms with Gasteiger partial charge in [-0.05, 0) is 64.2 Å². The van der Waals surface area contributed by atoms with Crippen molar-refractivity contribution in [2.45, 2.75) is 398 Å². The maximum absolute atomic E-state index is 12.5. The molecule has 448 valence electrons. The van der Waals surface area contributed by atoms with Gasteiger partial charge in [-0.1, -0.05) is 364 Å². The number of hydrogen-bond donors (Lipinski definition) is 3. The van der Waals surface area contributed by atoms with Gasteiger partial charge in [-0.2, -0.15) is 0 Å². The van der Waals surface area contributed by atoms with Gasteiger partial charge in [0, 0.05) is 6.42 Å². The summed E-state index contributed by atoms with van der Waals surface area (Å²) in [5.41, 5.74) is 0. The molecule has 0 aromatic carbocycles. The largest absolute Gasteiger partial charge is 0.394 e. The van der Waals surface area contributed by atoms with E-state index in [1.165, 1.54) is 327 Å². The van der Waals surface area contributed by atoms with Gasteiger partial charge in [0.25, 0.3) is 0 Å². The number of allylic oxidation sites excluding steroid dienone is 7. The maximum atomic E-state index is 12.5. The zero-order valence-corrected chi connectivity index (χ0v) is 51.8. The topological polar surface area (TPSA) is 69.6 Å². The molecule has 0 saturated heterocycles. The van der Waals surface area contributed by atoms with Crippen LogP contribution < -0.4 is 5.32 Å². The van der Waals surface area contributed by atoms with Gasteiger partial charge in [0.05, 0.1) is 18.8 Å². The van der Waals surface area contributed by atoms with Crippen LogP contribution in [0.25, 0.3) is 0 Å². The van der Waals surface area contributed by atoms with Gasteiger partial charge < -0.3 is 15.5 Å². The van der Waals surface area contributed by atoms with E-state index in [0.29, 0.717) is 6.42 Å². The van der Waals surface area contributed by atoms with E-state index >= 15 is 0 Å². The highest BCUT2D eigenvalue weighted by atomic mass is 16.3. The van der Waals surface area contributed by atoms with Crippen LogP contribution in [0.3, 0.4) is 0 Å². The monoisotopic (exact) mass is 1060 g/mol. The van der Waals surface area contributed by atoms with Crippen molar-refractivity contribution in [3.8, 4) is 0 Å². The molecule has 0 aromatic rings. The minimum absolute atomic E-state index is 0.0659. The highest BCUT2D eigenvalue weighted by Gasteiger charge is 2.18. The second kappa shape index (κ2) is 67.6. The quantitative estimate of drug-likeness (QED) is 0.0420. The van der Waals surface area contributed by atoms with Crippen LogP contribution in [0.2, 0.25) is 0 Å². The fourth-order valence-corrected chi connectivity index (χ4v) is 11.0. The Morgan fingerprint density at radius 2 is 0.553 bits per heavy atom. The summed E-state index contributed by atoms with van der Waals surface area (Å²) in [6, 6.07) is -0.639. The summed E-state index contributed by atoms with van der Waals surface area (Å²) in [4.78, 5) is 12.5. The number of aliphatic hydroxyl groups excluding tert-OH is 2. The highest BCUT2D eigenvalue weighted by Crippen LogP contribution is 2.19. The lowest BCUT2D eigenvalue weighted by Gasteiger charge is -2.19. The van der Waals surface area contributed by atoms with Gasteiger partial charge in [0.2, 0.25) is 5.91 Å². The molecular weight excluding hydrogens is 927 g/mol. The molecule has 3 N–H and O–H groups in total. The van der Waals surface area contributed by atoms with Crippen LogP contribution in [0.1, 0.15) is 386 Å². The number of nitrogens with one attached hydrogen (secondary N) is 1. The lowest BCUT2D eigenvalue weighted by Crippen LogP contribution is -2.45. The lowest BCUT2D eigenvalue weighted by molar-refractivity contribution is -0.123. The predicted molar refractivity (Wildman–Crippen MR) is 341 cm³/mol. The van der Waals surface area contributed by atoms with Crippen LogP contribution in [0.4, 0.5) is 0 Å². The van der Waals surface area contributed by atoms with Crippen molar-refractivity contribution >= 4 is 5.91 Å². The third-order valence-corrected chi connectivity index (χ3v) is 16.3. The minimum atomic E-state index is -0.863. The van der Waals surface area contributed by atoms with Crippen molar-refractivity contribution < 1.29 is 15.0 Å². The average Bonchev–Trinajstić information content (AvgIpc) is 3.42. The molecule has 0 bridgehead atoms. The first-order valence-electron chi connectivity index (χ1n) is 34.9. The summed E-state index contributed by atoms with van der Waals surface area (Å²) in [6.07, 6.45) is 94.9. The zero-order chi connectivity index (χ0) is 54.8. The zero-order valence-electron chi connectivity index (χ0n) is 51.8. The van der Waals surface area contributed by atoms with Crippen molar-refractivity contribution in [2.24, 2.45) is 0 Å². The number of hydrogen-bond acceptors (Lipinski definition) is 3.